The van der Waals surface area contributed by atoms with Gasteiger partial charge in [-0.2, -0.15) is 0 Å². The highest BCUT2D eigenvalue weighted by Gasteiger charge is 2.33. The number of likely N-dealkylation sites (tertiary alicyclic amines) is 1. The van der Waals surface area contributed by atoms with Gasteiger partial charge in [0.1, 0.15) is 5.75 Å². The number of aliphatic hydroxyl groups is 1. The molecule has 1 aromatic carbocycles. The summed E-state index contributed by atoms with van der Waals surface area (Å²) in [4.78, 5) is 14.2. The molecule has 0 aliphatic carbocycles. The van der Waals surface area contributed by atoms with Gasteiger partial charge in [0.25, 0.3) is 5.91 Å². The van der Waals surface area contributed by atoms with Gasteiger partial charge in [-0.15, -0.1) is 0 Å². The first kappa shape index (κ1) is 16.8. The molecule has 0 unspecified atom stereocenters. The van der Waals surface area contributed by atoms with Gasteiger partial charge >= 0.3 is 0 Å². The van der Waals surface area contributed by atoms with E-state index in [9.17, 15) is 9.90 Å². The molecule has 122 valence electrons. The van der Waals surface area contributed by atoms with Gasteiger partial charge in [0.05, 0.1) is 0 Å². The van der Waals surface area contributed by atoms with Gasteiger partial charge in [-0.25, -0.2) is 0 Å². The maximum Gasteiger partial charge on any atom is 0.260 e. The van der Waals surface area contributed by atoms with Crippen LogP contribution in [0.1, 0.15) is 38.7 Å². The van der Waals surface area contributed by atoms with Crippen LogP contribution in [0.4, 0.5) is 0 Å². The van der Waals surface area contributed by atoms with Crippen molar-refractivity contribution in [2.75, 3.05) is 26.3 Å². The van der Waals surface area contributed by atoms with Crippen LogP contribution in [-0.2, 0) is 11.2 Å². The summed E-state index contributed by atoms with van der Waals surface area (Å²) >= 11 is 0. The van der Waals surface area contributed by atoms with E-state index in [1.807, 2.05) is 29.2 Å². The Balaban J connectivity index is 1.86. The first-order valence-corrected chi connectivity index (χ1v) is 8.23. The minimum absolute atomic E-state index is 0.00640. The highest BCUT2D eigenvalue weighted by molar-refractivity contribution is 5.77. The molecule has 0 spiro atoms. The van der Waals surface area contributed by atoms with Crippen molar-refractivity contribution >= 4 is 5.91 Å². The molecule has 1 aliphatic heterocycles. The first-order chi connectivity index (χ1) is 10.6. The molecule has 1 aliphatic rings. The second kappa shape index (κ2) is 7.63. The van der Waals surface area contributed by atoms with Crippen LogP contribution in [-0.4, -0.2) is 42.2 Å². The van der Waals surface area contributed by atoms with E-state index in [0.717, 1.165) is 37.0 Å². The number of benzene rings is 1. The zero-order valence-electron chi connectivity index (χ0n) is 13.7. The summed E-state index contributed by atoms with van der Waals surface area (Å²) in [6.45, 7) is 5.92. The van der Waals surface area contributed by atoms with Gasteiger partial charge < -0.3 is 14.7 Å². The van der Waals surface area contributed by atoms with Gasteiger partial charge in [-0.05, 0) is 42.7 Å². The summed E-state index contributed by atoms with van der Waals surface area (Å²) in [7, 11) is 0. The van der Waals surface area contributed by atoms with Gasteiger partial charge in [0, 0.05) is 19.7 Å². The monoisotopic (exact) mass is 305 g/mol. The molecule has 1 N–H and O–H groups in total. The molecule has 0 aromatic heterocycles. The molecule has 1 saturated heterocycles. The third-order valence-electron chi connectivity index (χ3n) is 4.97. The second-order valence-electron chi connectivity index (χ2n) is 6.14. The Labute approximate surface area is 133 Å². The summed E-state index contributed by atoms with van der Waals surface area (Å²) in [6, 6.07) is 7.85. The second-order valence-corrected chi connectivity index (χ2v) is 6.14. The molecule has 22 heavy (non-hydrogen) atoms. The Bertz CT molecular complexity index is 487. The minimum atomic E-state index is 0.00640. The number of para-hydroxylation sites is 1. The lowest BCUT2D eigenvalue weighted by atomic mass is 9.77. The number of piperidine rings is 1. The number of carbonyl (C=O) groups is 1. The fraction of sp³-hybridized carbons (Fsp3) is 0.611. The van der Waals surface area contributed by atoms with Gasteiger partial charge in [-0.3, -0.25) is 4.79 Å². The number of aliphatic hydroxyl groups excluding tert-OH is 1. The molecule has 0 saturated carbocycles. The lowest BCUT2D eigenvalue weighted by Gasteiger charge is -2.40. The van der Waals surface area contributed by atoms with Crippen LogP contribution < -0.4 is 4.74 Å². The number of nitrogens with zero attached hydrogens (tertiary/aromatic N) is 1. The van der Waals surface area contributed by atoms with Crippen molar-refractivity contribution in [2.45, 2.75) is 39.5 Å². The molecule has 4 heteroatoms. The number of hydrogen-bond donors (Lipinski definition) is 1. The molecule has 0 radical (unpaired) electrons. The van der Waals surface area contributed by atoms with E-state index in [2.05, 4.69) is 13.8 Å². The SMILES string of the molecule is CCc1ccccc1OCC(=O)N1CCC(CC)(CO)CC1. The Hall–Kier alpha value is -1.55. The van der Waals surface area contributed by atoms with Gasteiger partial charge in [-0.1, -0.05) is 32.0 Å². The Morgan fingerprint density at radius 1 is 1.27 bits per heavy atom. The van der Waals surface area contributed by atoms with Gasteiger partial charge in [0.2, 0.25) is 0 Å². The quantitative estimate of drug-likeness (QED) is 0.879. The van der Waals surface area contributed by atoms with Crippen molar-refractivity contribution in [1.82, 2.24) is 4.90 Å². The topological polar surface area (TPSA) is 49.8 Å². The van der Waals surface area contributed by atoms with E-state index in [1.165, 1.54) is 0 Å². The number of ether oxygens (including phenoxy) is 1. The van der Waals surface area contributed by atoms with E-state index in [1.54, 1.807) is 0 Å². The van der Waals surface area contributed by atoms with Crippen LogP contribution in [0.25, 0.3) is 0 Å². The number of carbonyl (C=O) groups excluding carboxylic acids is 1. The van der Waals surface area contributed by atoms with Crippen molar-refractivity contribution in [3.05, 3.63) is 29.8 Å². The smallest absolute Gasteiger partial charge is 0.260 e. The standard InChI is InChI=1S/C18H27NO3/c1-3-15-7-5-6-8-16(15)22-13-17(21)19-11-9-18(4-2,14-20)10-12-19/h5-8,20H,3-4,9-14H2,1-2H3. The first-order valence-electron chi connectivity index (χ1n) is 8.23. The summed E-state index contributed by atoms with van der Waals surface area (Å²) in [5, 5.41) is 9.55. The molecular formula is C18H27NO3. The summed E-state index contributed by atoms with van der Waals surface area (Å²) in [5.41, 5.74) is 1.13. The zero-order chi connectivity index (χ0) is 16.0. The summed E-state index contributed by atoms with van der Waals surface area (Å²) < 4.78 is 5.71. The maximum atomic E-state index is 12.3. The Kier molecular flexibility index (Phi) is 5.83. The van der Waals surface area contributed by atoms with Crippen LogP contribution in [0.2, 0.25) is 0 Å². The van der Waals surface area contributed by atoms with Crippen LogP contribution >= 0.6 is 0 Å². The summed E-state index contributed by atoms with van der Waals surface area (Å²) in [5.74, 6) is 0.835. The number of rotatable bonds is 6. The van der Waals surface area contributed by atoms with E-state index in [-0.39, 0.29) is 24.5 Å². The lowest BCUT2D eigenvalue weighted by molar-refractivity contribution is -0.136. The predicted molar refractivity (Wildman–Crippen MR) is 86.9 cm³/mol. The number of amides is 1. The molecule has 0 atom stereocenters. The van der Waals surface area contributed by atoms with E-state index in [4.69, 9.17) is 4.74 Å². The normalized spacial score (nSPS) is 17.3. The highest BCUT2D eigenvalue weighted by atomic mass is 16.5. The van der Waals surface area contributed by atoms with Crippen LogP contribution in [0, 0.1) is 5.41 Å². The predicted octanol–water partition coefficient (Wildman–Crippen LogP) is 2.64. The van der Waals surface area contributed by atoms with Crippen molar-refractivity contribution in [1.29, 1.82) is 0 Å². The molecule has 1 amide bonds. The average molecular weight is 305 g/mol. The summed E-state index contributed by atoms with van der Waals surface area (Å²) in [6.07, 6.45) is 3.60. The van der Waals surface area contributed by atoms with Crippen molar-refractivity contribution in [2.24, 2.45) is 5.41 Å². The van der Waals surface area contributed by atoms with Crippen LogP contribution in [0.5, 0.6) is 5.75 Å². The van der Waals surface area contributed by atoms with Crippen molar-refractivity contribution in [3.8, 4) is 5.75 Å². The fourth-order valence-corrected chi connectivity index (χ4v) is 3.02. The maximum absolute atomic E-state index is 12.3. The van der Waals surface area contributed by atoms with E-state index < -0.39 is 0 Å². The van der Waals surface area contributed by atoms with Gasteiger partial charge in [0.15, 0.2) is 6.61 Å². The van der Waals surface area contributed by atoms with Crippen LogP contribution in [0.3, 0.4) is 0 Å². The Morgan fingerprint density at radius 3 is 2.55 bits per heavy atom. The minimum Gasteiger partial charge on any atom is -0.483 e. The average Bonchev–Trinajstić information content (AvgIpc) is 2.60. The van der Waals surface area contributed by atoms with Crippen LogP contribution in [0.15, 0.2) is 24.3 Å². The number of hydrogen-bond acceptors (Lipinski definition) is 3. The fourth-order valence-electron chi connectivity index (χ4n) is 3.02. The molecule has 2 rings (SSSR count). The zero-order valence-corrected chi connectivity index (χ0v) is 13.7. The third kappa shape index (κ3) is 3.80. The Morgan fingerprint density at radius 2 is 1.95 bits per heavy atom. The van der Waals surface area contributed by atoms with E-state index in [0.29, 0.717) is 13.1 Å². The van der Waals surface area contributed by atoms with Crippen molar-refractivity contribution < 1.29 is 14.6 Å². The molecular weight excluding hydrogens is 278 g/mol. The number of aryl methyl sites for hydroxylation is 1. The molecule has 4 nitrogen and oxygen atoms in total. The third-order valence-corrected chi connectivity index (χ3v) is 4.97. The molecule has 0 bridgehead atoms. The van der Waals surface area contributed by atoms with E-state index >= 15 is 0 Å². The highest BCUT2D eigenvalue weighted by Crippen LogP contribution is 2.34. The molecule has 1 heterocycles. The molecule has 1 fully saturated rings. The largest absolute Gasteiger partial charge is 0.483 e. The van der Waals surface area contributed by atoms with Crippen molar-refractivity contribution in [3.63, 3.8) is 0 Å². The molecule has 1 aromatic rings. The lowest BCUT2D eigenvalue weighted by Crippen LogP contribution is -2.46.